The third kappa shape index (κ3) is 2.43. The van der Waals surface area contributed by atoms with Crippen LogP contribution in [-0.2, 0) is 11.2 Å². The molecule has 2 rings (SSSR count). The highest BCUT2D eigenvalue weighted by Gasteiger charge is 2.23. The largest absolute Gasteiger partial charge is 0.461 e. The normalized spacial score (nSPS) is 10.7. The average Bonchev–Trinajstić information content (AvgIpc) is 2.93. The number of esters is 1. The van der Waals surface area contributed by atoms with Crippen molar-refractivity contribution < 1.29 is 9.53 Å². The third-order valence-corrected chi connectivity index (χ3v) is 3.30. The van der Waals surface area contributed by atoms with Crippen molar-refractivity contribution in [3.63, 3.8) is 0 Å². The maximum Gasteiger partial charge on any atom is 0.360 e. The average molecular weight is 281 g/mol. The first-order valence-corrected chi connectivity index (χ1v) is 6.74. The molecule has 19 heavy (non-hydrogen) atoms. The van der Waals surface area contributed by atoms with Crippen LogP contribution >= 0.6 is 11.3 Å². The lowest BCUT2D eigenvalue weighted by molar-refractivity contribution is 0.0521. The summed E-state index contributed by atoms with van der Waals surface area (Å²) in [6.45, 7) is 5.80. The molecule has 0 saturated carbocycles. The van der Waals surface area contributed by atoms with Crippen molar-refractivity contribution in [2.24, 2.45) is 0 Å². The van der Waals surface area contributed by atoms with Gasteiger partial charge in [0, 0.05) is 6.42 Å². The zero-order valence-corrected chi connectivity index (χ0v) is 11.8. The SMILES string of the molecule is CCOC(=O)c1nc(CC)n(-c2nnc(C)s2)c1N. The lowest BCUT2D eigenvalue weighted by Gasteiger charge is -2.03. The number of nitrogen functional groups attached to an aromatic ring is 1. The fourth-order valence-corrected chi connectivity index (χ4v) is 2.38. The molecule has 2 aromatic heterocycles. The number of rotatable bonds is 4. The first kappa shape index (κ1) is 13.5. The van der Waals surface area contributed by atoms with Crippen molar-refractivity contribution in [1.82, 2.24) is 19.7 Å². The highest BCUT2D eigenvalue weighted by molar-refractivity contribution is 7.13. The predicted octanol–water partition coefficient (Wildman–Crippen LogP) is 1.35. The molecule has 0 aliphatic rings. The van der Waals surface area contributed by atoms with Crippen LogP contribution in [0.2, 0.25) is 0 Å². The fourth-order valence-electron chi connectivity index (χ4n) is 1.66. The van der Waals surface area contributed by atoms with E-state index in [2.05, 4.69) is 15.2 Å². The predicted molar refractivity (Wildman–Crippen MR) is 71.5 cm³/mol. The first-order chi connectivity index (χ1) is 9.08. The molecule has 0 amide bonds. The van der Waals surface area contributed by atoms with E-state index in [1.807, 2.05) is 13.8 Å². The minimum absolute atomic E-state index is 0.131. The molecule has 0 aliphatic carbocycles. The van der Waals surface area contributed by atoms with Crippen LogP contribution in [0.3, 0.4) is 0 Å². The Bertz CT molecular complexity index is 604. The van der Waals surface area contributed by atoms with Crippen molar-refractivity contribution in [1.29, 1.82) is 0 Å². The summed E-state index contributed by atoms with van der Waals surface area (Å²) < 4.78 is 6.58. The van der Waals surface area contributed by atoms with Crippen LogP contribution in [0.15, 0.2) is 0 Å². The molecule has 0 fully saturated rings. The Morgan fingerprint density at radius 1 is 1.42 bits per heavy atom. The lowest BCUT2D eigenvalue weighted by atomic mass is 10.4. The second-order valence-electron chi connectivity index (χ2n) is 3.77. The van der Waals surface area contributed by atoms with Gasteiger partial charge in [-0.05, 0) is 13.8 Å². The molecule has 0 radical (unpaired) electrons. The summed E-state index contributed by atoms with van der Waals surface area (Å²) in [6, 6.07) is 0. The van der Waals surface area contributed by atoms with E-state index in [0.717, 1.165) is 5.01 Å². The van der Waals surface area contributed by atoms with Gasteiger partial charge in [0.25, 0.3) is 0 Å². The van der Waals surface area contributed by atoms with Crippen molar-refractivity contribution >= 4 is 23.1 Å². The van der Waals surface area contributed by atoms with Gasteiger partial charge in [-0.3, -0.25) is 4.57 Å². The Morgan fingerprint density at radius 3 is 2.68 bits per heavy atom. The Labute approximate surface area is 114 Å². The van der Waals surface area contributed by atoms with Crippen LogP contribution < -0.4 is 5.73 Å². The van der Waals surface area contributed by atoms with Gasteiger partial charge < -0.3 is 10.5 Å². The quantitative estimate of drug-likeness (QED) is 0.850. The summed E-state index contributed by atoms with van der Waals surface area (Å²) in [7, 11) is 0. The number of ether oxygens (including phenoxy) is 1. The van der Waals surface area contributed by atoms with Gasteiger partial charge in [-0.25, -0.2) is 9.78 Å². The van der Waals surface area contributed by atoms with Gasteiger partial charge in [0.1, 0.15) is 16.6 Å². The van der Waals surface area contributed by atoms with Crippen LogP contribution in [0.1, 0.15) is 35.2 Å². The molecular formula is C11H15N5O2S. The van der Waals surface area contributed by atoms with Crippen LogP contribution in [0.5, 0.6) is 0 Å². The monoisotopic (exact) mass is 281 g/mol. The molecule has 0 bridgehead atoms. The number of nitrogens with zero attached hydrogens (tertiary/aromatic N) is 4. The molecule has 2 N–H and O–H groups in total. The number of imidazole rings is 1. The Kier molecular flexibility index (Phi) is 3.79. The van der Waals surface area contributed by atoms with E-state index in [4.69, 9.17) is 10.5 Å². The van der Waals surface area contributed by atoms with Gasteiger partial charge >= 0.3 is 5.97 Å². The summed E-state index contributed by atoms with van der Waals surface area (Å²) in [4.78, 5) is 16.0. The second kappa shape index (κ2) is 5.35. The van der Waals surface area contributed by atoms with Gasteiger partial charge in [-0.15, -0.1) is 10.2 Å². The topological polar surface area (TPSA) is 95.9 Å². The minimum Gasteiger partial charge on any atom is -0.461 e. The summed E-state index contributed by atoms with van der Waals surface area (Å²) in [5.74, 6) is 0.387. The van der Waals surface area contributed by atoms with Gasteiger partial charge in [0.2, 0.25) is 5.13 Å². The van der Waals surface area contributed by atoms with Gasteiger partial charge in [0.15, 0.2) is 5.69 Å². The van der Waals surface area contributed by atoms with Crippen molar-refractivity contribution in [3.8, 4) is 5.13 Å². The standard InChI is InChI=1S/C11H15N5O2S/c1-4-7-13-8(10(17)18-5-2)9(12)16(7)11-15-14-6(3)19-11/h4-5,12H2,1-3H3. The first-order valence-electron chi connectivity index (χ1n) is 5.93. The van der Waals surface area contributed by atoms with Crippen LogP contribution in [0.4, 0.5) is 5.82 Å². The highest BCUT2D eigenvalue weighted by atomic mass is 32.1. The number of nitrogens with two attached hydrogens (primary N) is 1. The Balaban J connectivity index is 2.51. The number of hydrogen-bond acceptors (Lipinski definition) is 7. The zero-order valence-electron chi connectivity index (χ0n) is 11.0. The van der Waals surface area contributed by atoms with E-state index in [0.29, 0.717) is 17.4 Å². The molecule has 102 valence electrons. The minimum atomic E-state index is -0.519. The smallest absolute Gasteiger partial charge is 0.360 e. The molecule has 0 atom stereocenters. The number of carbonyl (C=O) groups excluding carboxylic acids is 1. The Hall–Kier alpha value is -1.96. The lowest BCUT2D eigenvalue weighted by Crippen LogP contribution is -2.09. The van der Waals surface area contributed by atoms with Crippen LogP contribution in [0, 0.1) is 6.92 Å². The molecule has 8 heteroatoms. The number of anilines is 1. The number of aromatic nitrogens is 4. The van der Waals surface area contributed by atoms with Crippen molar-refractivity contribution in [2.75, 3.05) is 12.3 Å². The van der Waals surface area contributed by atoms with E-state index in [9.17, 15) is 4.79 Å². The summed E-state index contributed by atoms with van der Waals surface area (Å²) >= 11 is 1.39. The van der Waals surface area contributed by atoms with E-state index >= 15 is 0 Å². The zero-order chi connectivity index (χ0) is 14.0. The Morgan fingerprint density at radius 2 is 2.16 bits per heavy atom. The van der Waals surface area contributed by atoms with Crippen molar-refractivity contribution in [2.45, 2.75) is 27.2 Å². The van der Waals surface area contributed by atoms with E-state index < -0.39 is 5.97 Å². The van der Waals surface area contributed by atoms with Gasteiger partial charge in [-0.2, -0.15) is 0 Å². The maximum atomic E-state index is 11.8. The van der Waals surface area contributed by atoms with E-state index in [1.165, 1.54) is 11.3 Å². The highest BCUT2D eigenvalue weighted by Crippen LogP contribution is 2.24. The van der Waals surface area contributed by atoms with E-state index in [-0.39, 0.29) is 18.1 Å². The second-order valence-corrected chi connectivity index (χ2v) is 4.94. The molecular weight excluding hydrogens is 266 g/mol. The maximum absolute atomic E-state index is 11.8. The summed E-state index contributed by atoms with van der Waals surface area (Å²) in [5, 5.41) is 9.41. The van der Waals surface area contributed by atoms with E-state index in [1.54, 1.807) is 11.5 Å². The molecule has 0 saturated heterocycles. The molecule has 0 aliphatic heterocycles. The number of aryl methyl sites for hydroxylation is 2. The van der Waals surface area contributed by atoms with Crippen molar-refractivity contribution in [3.05, 3.63) is 16.5 Å². The molecule has 2 aromatic rings. The molecule has 0 unspecified atom stereocenters. The third-order valence-electron chi connectivity index (χ3n) is 2.47. The molecule has 7 nitrogen and oxygen atoms in total. The van der Waals surface area contributed by atoms with Crippen LogP contribution in [-0.4, -0.2) is 32.3 Å². The fraction of sp³-hybridized carbons (Fsp3) is 0.455. The molecule has 0 spiro atoms. The number of hydrogen-bond donors (Lipinski definition) is 1. The molecule has 2 heterocycles. The van der Waals surface area contributed by atoms with Crippen LogP contribution in [0.25, 0.3) is 5.13 Å². The summed E-state index contributed by atoms with van der Waals surface area (Å²) in [5.41, 5.74) is 6.12. The summed E-state index contributed by atoms with van der Waals surface area (Å²) in [6.07, 6.45) is 0.627. The molecule has 0 aromatic carbocycles. The number of carbonyl (C=O) groups is 1. The van der Waals surface area contributed by atoms with Gasteiger partial charge in [0.05, 0.1) is 6.61 Å². The van der Waals surface area contributed by atoms with Gasteiger partial charge in [-0.1, -0.05) is 18.3 Å².